The molecule has 0 atom stereocenters. The van der Waals surface area contributed by atoms with Gasteiger partial charge in [0, 0.05) is 25.2 Å². The Kier molecular flexibility index (Phi) is 6.10. The van der Waals surface area contributed by atoms with E-state index in [1.54, 1.807) is 0 Å². The molecule has 23 heavy (non-hydrogen) atoms. The Bertz CT molecular complexity index is 544. The lowest BCUT2D eigenvalue weighted by Gasteiger charge is -2.29. The third kappa shape index (κ3) is 5.37. The molecular formula is C14H19FN4O4. The first-order valence-electron chi connectivity index (χ1n) is 7.21. The van der Waals surface area contributed by atoms with Crippen LogP contribution in [0.15, 0.2) is 24.3 Å². The van der Waals surface area contributed by atoms with Crippen molar-refractivity contribution in [1.29, 1.82) is 0 Å². The van der Waals surface area contributed by atoms with E-state index in [2.05, 4.69) is 15.3 Å². The summed E-state index contributed by atoms with van der Waals surface area (Å²) >= 11 is 0. The highest BCUT2D eigenvalue weighted by Gasteiger charge is 2.18. The van der Waals surface area contributed by atoms with Crippen molar-refractivity contribution in [1.82, 2.24) is 15.3 Å². The maximum Gasteiger partial charge on any atom is 0.404 e. The number of hydrogen-bond acceptors (Lipinski definition) is 6. The SMILES string of the molecule is O=C(O)NC/C(=C\F)COc1cnc(N2CCC(O)CC2)nc1. The first-order chi connectivity index (χ1) is 11.1. The van der Waals surface area contributed by atoms with Crippen LogP contribution in [0.1, 0.15) is 12.8 Å². The molecule has 1 saturated heterocycles. The summed E-state index contributed by atoms with van der Waals surface area (Å²) in [5.41, 5.74) is 0.154. The molecule has 1 aromatic rings. The van der Waals surface area contributed by atoms with Crippen LogP contribution in [0.4, 0.5) is 15.1 Å². The maximum absolute atomic E-state index is 12.6. The van der Waals surface area contributed by atoms with Crippen LogP contribution in [-0.2, 0) is 0 Å². The van der Waals surface area contributed by atoms with Gasteiger partial charge in [0.2, 0.25) is 5.95 Å². The van der Waals surface area contributed by atoms with Crippen LogP contribution in [0.5, 0.6) is 5.75 Å². The van der Waals surface area contributed by atoms with Crippen molar-refractivity contribution in [3.8, 4) is 5.75 Å². The number of aliphatic hydroxyl groups excluding tert-OH is 1. The van der Waals surface area contributed by atoms with Crippen molar-refractivity contribution in [3.05, 3.63) is 24.3 Å². The Morgan fingerprint density at radius 2 is 2.09 bits per heavy atom. The largest absolute Gasteiger partial charge is 0.486 e. The lowest BCUT2D eigenvalue weighted by atomic mass is 10.1. The van der Waals surface area contributed by atoms with E-state index in [1.807, 2.05) is 4.90 Å². The number of hydrogen-bond donors (Lipinski definition) is 3. The topological polar surface area (TPSA) is 108 Å². The minimum atomic E-state index is -1.23. The average Bonchev–Trinajstić information content (AvgIpc) is 2.56. The predicted molar refractivity (Wildman–Crippen MR) is 80.2 cm³/mol. The molecule has 1 amide bonds. The number of nitrogens with one attached hydrogen (secondary N) is 1. The molecule has 1 aliphatic rings. The summed E-state index contributed by atoms with van der Waals surface area (Å²) in [4.78, 5) is 20.7. The zero-order chi connectivity index (χ0) is 16.7. The van der Waals surface area contributed by atoms with Crippen molar-refractivity contribution in [3.63, 3.8) is 0 Å². The molecular weight excluding hydrogens is 307 g/mol. The number of ether oxygens (including phenoxy) is 1. The zero-order valence-corrected chi connectivity index (χ0v) is 12.5. The smallest absolute Gasteiger partial charge is 0.404 e. The number of rotatable bonds is 6. The van der Waals surface area contributed by atoms with Crippen molar-refractivity contribution in [2.75, 3.05) is 31.1 Å². The molecule has 0 aromatic carbocycles. The Hall–Kier alpha value is -2.42. The molecule has 2 heterocycles. The fraction of sp³-hybridized carbons (Fsp3) is 0.500. The zero-order valence-electron chi connectivity index (χ0n) is 12.5. The second-order valence-electron chi connectivity index (χ2n) is 5.15. The third-order valence-corrected chi connectivity index (χ3v) is 3.41. The van der Waals surface area contributed by atoms with Crippen molar-refractivity contribution >= 4 is 12.0 Å². The standard InChI is InChI=1S/C14H19FN4O4/c15-5-10(6-18-14(21)22)9-23-12-7-16-13(17-8-12)19-3-1-11(20)2-4-19/h5,7-8,11,18,20H,1-4,6,9H2,(H,21,22)/b10-5+. The van der Waals surface area contributed by atoms with E-state index in [-0.39, 0.29) is 24.8 Å². The van der Waals surface area contributed by atoms with Crippen LogP contribution in [0, 0.1) is 0 Å². The summed E-state index contributed by atoms with van der Waals surface area (Å²) in [6.07, 6.45) is 3.14. The molecule has 8 nitrogen and oxygen atoms in total. The van der Waals surface area contributed by atoms with E-state index in [1.165, 1.54) is 12.4 Å². The number of amides is 1. The molecule has 1 fully saturated rings. The number of carbonyl (C=O) groups is 1. The molecule has 0 radical (unpaired) electrons. The fourth-order valence-corrected chi connectivity index (χ4v) is 2.10. The van der Waals surface area contributed by atoms with Crippen molar-refractivity contribution in [2.45, 2.75) is 18.9 Å². The Balaban J connectivity index is 1.83. The van der Waals surface area contributed by atoms with Crippen molar-refractivity contribution < 1.29 is 24.1 Å². The molecule has 0 aliphatic carbocycles. The Labute approximate surface area is 132 Å². The Morgan fingerprint density at radius 1 is 1.43 bits per heavy atom. The van der Waals surface area contributed by atoms with E-state index < -0.39 is 6.09 Å². The number of piperidine rings is 1. The lowest BCUT2D eigenvalue weighted by Crippen LogP contribution is -2.36. The summed E-state index contributed by atoms with van der Waals surface area (Å²) in [6.45, 7) is 1.13. The highest BCUT2D eigenvalue weighted by atomic mass is 19.1. The number of aromatic nitrogens is 2. The molecule has 0 unspecified atom stereocenters. The maximum atomic E-state index is 12.6. The minimum Gasteiger partial charge on any atom is -0.486 e. The molecule has 0 saturated carbocycles. The van der Waals surface area contributed by atoms with Gasteiger partial charge in [-0.25, -0.2) is 19.2 Å². The van der Waals surface area contributed by atoms with Gasteiger partial charge in [0.1, 0.15) is 6.61 Å². The van der Waals surface area contributed by atoms with Gasteiger partial charge in [-0.15, -0.1) is 0 Å². The average molecular weight is 326 g/mol. The monoisotopic (exact) mass is 326 g/mol. The summed E-state index contributed by atoms with van der Waals surface area (Å²) < 4.78 is 17.9. The second kappa shape index (κ2) is 8.28. The number of anilines is 1. The van der Waals surface area contributed by atoms with Crippen LogP contribution in [-0.4, -0.2) is 58.6 Å². The molecule has 126 valence electrons. The molecule has 1 aromatic heterocycles. The van der Waals surface area contributed by atoms with E-state index in [0.717, 1.165) is 0 Å². The predicted octanol–water partition coefficient (Wildman–Crippen LogP) is 0.937. The molecule has 0 spiro atoms. The summed E-state index contributed by atoms with van der Waals surface area (Å²) in [7, 11) is 0. The number of aliphatic hydroxyl groups is 1. The van der Waals surface area contributed by atoms with Crippen LogP contribution in [0.2, 0.25) is 0 Å². The first-order valence-corrected chi connectivity index (χ1v) is 7.21. The van der Waals surface area contributed by atoms with Gasteiger partial charge in [0.15, 0.2) is 5.75 Å². The number of nitrogens with zero attached hydrogens (tertiary/aromatic N) is 3. The van der Waals surface area contributed by atoms with E-state index >= 15 is 0 Å². The molecule has 3 N–H and O–H groups in total. The molecule has 2 rings (SSSR count). The normalized spacial score (nSPS) is 16.3. The van der Waals surface area contributed by atoms with Gasteiger partial charge in [-0.05, 0) is 12.8 Å². The number of halogens is 1. The van der Waals surface area contributed by atoms with Gasteiger partial charge in [0.05, 0.1) is 24.8 Å². The molecule has 0 bridgehead atoms. The van der Waals surface area contributed by atoms with Crippen molar-refractivity contribution in [2.24, 2.45) is 0 Å². The Morgan fingerprint density at radius 3 is 2.65 bits per heavy atom. The third-order valence-electron chi connectivity index (χ3n) is 3.41. The second-order valence-corrected chi connectivity index (χ2v) is 5.15. The first kappa shape index (κ1) is 16.9. The van der Waals surface area contributed by atoms with Crippen LogP contribution in [0.3, 0.4) is 0 Å². The summed E-state index contributed by atoms with van der Waals surface area (Å²) in [5.74, 6) is 0.915. The summed E-state index contributed by atoms with van der Waals surface area (Å²) in [5, 5.41) is 20.0. The fourth-order valence-electron chi connectivity index (χ4n) is 2.10. The highest BCUT2D eigenvalue weighted by Crippen LogP contribution is 2.17. The molecule has 9 heteroatoms. The number of carboxylic acid groups (broad SMARTS) is 1. The van der Waals surface area contributed by atoms with Gasteiger partial charge in [0.25, 0.3) is 0 Å². The van der Waals surface area contributed by atoms with Gasteiger partial charge >= 0.3 is 6.09 Å². The minimum absolute atomic E-state index is 0.102. The summed E-state index contributed by atoms with van der Waals surface area (Å²) in [6, 6.07) is 0. The molecule has 1 aliphatic heterocycles. The highest BCUT2D eigenvalue weighted by molar-refractivity contribution is 5.64. The van der Waals surface area contributed by atoms with Gasteiger partial charge < -0.3 is 25.2 Å². The van der Waals surface area contributed by atoms with E-state index in [4.69, 9.17) is 9.84 Å². The van der Waals surface area contributed by atoms with Gasteiger partial charge in [-0.1, -0.05) is 0 Å². The van der Waals surface area contributed by atoms with E-state index in [9.17, 15) is 14.3 Å². The lowest BCUT2D eigenvalue weighted by molar-refractivity contribution is 0.145. The van der Waals surface area contributed by atoms with E-state index in [0.29, 0.717) is 44.0 Å². The quantitative estimate of drug-likeness (QED) is 0.714. The van der Waals surface area contributed by atoms with Crippen LogP contribution >= 0.6 is 0 Å². The van der Waals surface area contributed by atoms with Gasteiger partial charge in [-0.3, -0.25) is 0 Å². The van der Waals surface area contributed by atoms with Gasteiger partial charge in [-0.2, -0.15) is 0 Å². The van der Waals surface area contributed by atoms with Crippen LogP contribution < -0.4 is 15.0 Å². The van der Waals surface area contributed by atoms with Crippen LogP contribution in [0.25, 0.3) is 0 Å².